The third-order valence-electron chi connectivity index (χ3n) is 14.3. The molecule has 6 heteroatoms. The van der Waals surface area contributed by atoms with Crippen LogP contribution >= 0.6 is 0 Å². The normalized spacial score (nSPS) is 12.0. The van der Waals surface area contributed by atoms with Gasteiger partial charge >= 0.3 is 17.9 Å². The maximum absolute atomic E-state index is 12.9. The highest BCUT2D eigenvalue weighted by Gasteiger charge is 2.19. The fraction of sp³-hybridized carbons (Fsp3) is 0.952. The van der Waals surface area contributed by atoms with Crippen LogP contribution in [0.5, 0.6) is 0 Å². The fourth-order valence-corrected chi connectivity index (χ4v) is 9.63. The molecule has 0 aliphatic rings. The van der Waals surface area contributed by atoms with E-state index in [9.17, 15) is 14.4 Å². The van der Waals surface area contributed by atoms with E-state index in [0.717, 1.165) is 63.7 Å². The first-order chi connectivity index (χ1) is 33.4. The number of ether oxygens (including phenoxy) is 3. The van der Waals surface area contributed by atoms with Gasteiger partial charge in [-0.2, -0.15) is 0 Å². The Morgan fingerprint density at radius 3 is 0.721 bits per heavy atom. The Labute approximate surface area is 425 Å². The summed E-state index contributed by atoms with van der Waals surface area (Å²) in [4.78, 5) is 38.2. The Bertz CT molecular complexity index is 1030. The number of carbonyl (C=O) groups is 3. The van der Waals surface area contributed by atoms with E-state index in [0.29, 0.717) is 19.3 Å². The van der Waals surface area contributed by atoms with E-state index in [2.05, 4.69) is 27.7 Å². The van der Waals surface area contributed by atoms with E-state index in [4.69, 9.17) is 14.2 Å². The van der Waals surface area contributed by atoms with Gasteiger partial charge in [0.15, 0.2) is 6.10 Å². The van der Waals surface area contributed by atoms with Gasteiger partial charge in [-0.3, -0.25) is 14.4 Å². The van der Waals surface area contributed by atoms with E-state index >= 15 is 0 Å². The minimum atomic E-state index is -0.762. The highest BCUT2D eigenvalue weighted by molar-refractivity contribution is 5.71. The molecule has 0 amide bonds. The van der Waals surface area contributed by atoms with E-state index in [1.165, 1.54) is 250 Å². The van der Waals surface area contributed by atoms with Crippen molar-refractivity contribution in [1.82, 2.24) is 0 Å². The minimum absolute atomic E-state index is 0.0613. The second-order valence-corrected chi connectivity index (χ2v) is 21.8. The smallest absolute Gasteiger partial charge is 0.306 e. The van der Waals surface area contributed by atoms with Gasteiger partial charge in [0.1, 0.15) is 13.2 Å². The zero-order valence-electron chi connectivity index (χ0n) is 46.6. The summed E-state index contributed by atoms with van der Waals surface area (Å²) < 4.78 is 16.9. The molecule has 0 saturated heterocycles. The molecule has 0 aromatic heterocycles. The maximum Gasteiger partial charge on any atom is 0.306 e. The molecule has 0 spiro atoms. The number of esters is 3. The van der Waals surface area contributed by atoms with Crippen LogP contribution in [0.1, 0.15) is 355 Å². The number of unbranched alkanes of at least 4 members (excludes halogenated alkanes) is 44. The highest BCUT2D eigenvalue weighted by atomic mass is 16.6. The number of carbonyl (C=O) groups excluding carboxylic acids is 3. The minimum Gasteiger partial charge on any atom is -0.462 e. The van der Waals surface area contributed by atoms with Gasteiger partial charge in [-0.15, -0.1) is 0 Å². The zero-order chi connectivity index (χ0) is 49.5. The summed E-state index contributed by atoms with van der Waals surface area (Å²) in [5.74, 6) is 0.0290. The standard InChI is InChI=1S/C62H120O6/c1-5-7-9-11-13-15-17-19-20-26-30-33-37-41-45-49-53-60(63)66-56-59(68-62(65)55-51-47-43-39-35-28-18-16-14-12-10-8-6-2)57-67-61(64)54-50-46-42-38-34-31-27-24-22-21-23-25-29-32-36-40-44-48-52-58(3)4/h58-59H,5-57H2,1-4H3/t59-/m0/s1. The molecule has 0 N–H and O–H groups in total. The average molecular weight is 962 g/mol. The molecule has 404 valence electrons. The molecule has 0 fully saturated rings. The summed E-state index contributed by atoms with van der Waals surface area (Å²) >= 11 is 0. The van der Waals surface area contributed by atoms with E-state index in [1.807, 2.05) is 0 Å². The molecule has 0 rings (SSSR count). The second-order valence-electron chi connectivity index (χ2n) is 21.8. The lowest BCUT2D eigenvalue weighted by Gasteiger charge is -2.18. The molecule has 68 heavy (non-hydrogen) atoms. The quantitative estimate of drug-likeness (QED) is 0.0343. The zero-order valence-corrected chi connectivity index (χ0v) is 46.6. The van der Waals surface area contributed by atoms with Gasteiger partial charge in [0.05, 0.1) is 0 Å². The lowest BCUT2D eigenvalue weighted by atomic mass is 10.0. The van der Waals surface area contributed by atoms with Gasteiger partial charge < -0.3 is 14.2 Å². The highest BCUT2D eigenvalue weighted by Crippen LogP contribution is 2.18. The van der Waals surface area contributed by atoms with Crippen LogP contribution in [-0.2, 0) is 28.6 Å². The molecule has 0 aromatic rings. The van der Waals surface area contributed by atoms with Gasteiger partial charge in [0, 0.05) is 19.3 Å². The molecule has 0 aliphatic carbocycles. The lowest BCUT2D eigenvalue weighted by molar-refractivity contribution is -0.167. The summed E-state index contributed by atoms with van der Waals surface area (Å²) in [5, 5.41) is 0. The Morgan fingerprint density at radius 1 is 0.279 bits per heavy atom. The van der Waals surface area contributed by atoms with Crippen LogP contribution in [0.4, 0.5) is 0 Å². The molecule has 6 nitrogen and oxygen atoms in total. The van der Waals surface area contributed by atoms with Crippen LogP contribution in [-0.4, -0.2) is 37.2 Å². The Kier molecular flexibility index (Phi) is 55.0. The summed E-state index contributed by atoms with van der Waals surface area (Å²) in [5.41, 5.74) is 0. The molecule has 0 aromatic carbocycles. The number of hydrogen-bond donors (Lipinski definition) is 0. The van der Waals surface area contributed by atoms with Crippen LogP contribution in [0, 0.1) is 5.92 Å². The average Bonchev–Trinajstić information content (AvgIpc) is 3.32. The van der Waals surface area contributed by atoms with Crippen molar-refractivity contribution in [2.45, 2.75) is 361 Å². The molecular weight excluding hydrogens is 841 g/mol. The molecule has 0 saturated carbocycles. The molecule has 0 radical (unpaired) electrons. The van der Waals surface area contributed by atoms with Crippen molar-refractivity contribution in [3.05, 3.63) is 0 Å². The van der Waals surface area contributed by atoms with Crippen molar-refractivity contribution < 1.29 is 28.6 Å². The monoisotopic (exact) mass is 961 g/mol. The molecular formula is C62H120O6. The third-order valence-corrected chi connectivity index (χ3v) is 14.3. The molecule has 0 unspecified atom stereocenters. The van der Waals surface area contributed by atoms with E-state index in [1.54, 1.807) is 0 Å². The van der Waals surface area contributed by atoms with Crippen LogP contribution in [0.2, 0.25) is 0 Å². The predicted molar refractivity (Wildman–Crippen MR) is 293 cm³/mol. The van der Waals surface area contributed by atoms with Gasteiger partial charge in [0.25, 0.3) is 0 Å². The van der Waals surface area contributed by atoms with Gasteiger partial charge in [-0.05, 0) is 25.2 Å². The maximum atomic E-state index is 12.9. The van der Waals surface area contributed by atoms with Gasteiger partial charge in [-0.25, -0.2) is 0 Å². The molecule has 0 aliphatic heterocycles. The molecule has 0 heterocycles. The first-order valence-corrected chi connectivity index (χ1v) is 30.9. The largest absolute Gasteiger partial charge is 0.462 e. The van der Waals surface area contributed by atoms with Crippen LogP contribution in [0.15, 0.2) is 0 Å². The number of rotatable bonds is 57. The Morgan fingerprint density at radius 2 is 0.485 bits per heavy atom. The fourth-order valence-electron chi connectivity index (χ4n) is 9.63. The first-order valence-electron chi connectivity index (χ1n) is 30.9. The van der Waals surface area contributed by atoms with Crippen LogP contribution < -0.4 is 0 Å². The Hall–Kier alpha value is -1.59. The van der Waals surface area contributed by atoms with Gasteiger partial charge in [-0.1, -0.05) is 317 Å². The summed E-state index contributed by atoms with van der Waals surface area (Å²) in [6, 6.07) is 0. The van der Waals surface area contributed by atoms with Crippen molar-refractivity contribution >= 4 is 17.9 Å². The van der Waals surface area contributed by atoms with Crippen molar-refractivity contribution in [3.63, 3.8) is 0 Å². The lowest BCUT2D eigenvalue weighted by Crippen LogP contribution is -2.30. The van der Waals surface area contributed by atoms with Crippen molar-refractivity contribution in [2.24, 2.45) is 5.92 Å². The SMILES string of the molecule is CCCCCCCCCCCCCCCCCCC(=O)OC[C@@H](COC(=O)CCCCCCCCCCCCCCCCCCCCC(C)C)OC(=O)CCCCCCCCCCCCCCC. The number of hydrogen-bond acceptors (Lipinski definition) is 6. The van der Waals surface area contributed by atoms with Crippen LogP contribution in [0.25, 0.3) is 0 Å². The third kappa shape index (κ3) is 55.3. The molecule has 0 bridgehead atoms. The van der Waals surface area contributed by atoms with Crippen molar-refractivity contribution in [1.29, 1.82) is 0 Å². The topological polar surface area (TPSA) is 78.9 Å². The van der Waals surface area contributed by atoms with E-state index < -0.39 is 6.10 Å². The summed E-state index contributed by atoms with van der Waals surface area (Å²) in [6.07, 6.45) is 62.4. The van der Waals surface area contributed by atoms with Gasteiger partial charge in [0.2, 0.25) is 0 Å². The Balaban J connectivity index is 4.23. The van der Waals surface area contributed by atoms with E-state index in [-0.39, 0.29) is 31.1 Å². The summed E-state index contributed by atoms with van der Waals surface area (Å²) in [7, 11) is 0. The van der Waals surface area contributed by atoms with Crippen molar-refractivity contribution in [2.75, 3.05) is 13.2 Å². The predicted octanol–water partition coefficient (Wildman–Crippen LogP) is 20.6. The molecule has 1 atom stereocenters. The summed E-state index contributed by atoms with van der Waals surface area (Å²) in [6.45, 7) is 9.09. The van der Waals surface area contributed by atoms with Crippen molar-refractivity contribution in [3.8, 4) is 0 Å². The first kappa shape index (κ1) is 66.4. The van der Waals surface area contributed by atoms with Crippen LogP contribution in [0.3, 0.4) is 0 Å². The second kappa shape index (κ2) is 56.3.